The smallest absolute Gasteiger partial charge is 0.269 e. The van der Waals surface area contributed by atoms with Gasteiger partial charge in [0.05, 0.1) is 17.1 Å². The van der Waals surface area contributed by atoms with E-state index in [-0.39, 0.29) is 24.2 Å². The number of aliphatic hydroxyl groups is 1. The monoisotopic (exact) mass is 294 g/mol. The molecular weight excluding hydrogens is 276 g/mol. The highest BCUT2D eigenvalue weighted by molar-refractivity contribution is 5.77. The molecule has 1 amide bonds. The largest absolute Gasteiger partial charge is 0.484 e. The van der Waals surface area contributed by atoms with Crippen molar-refractivity contribution in [3.8, 4) is 5.75 Å². The minimum Gasteiger partial charge on any atom is -0.484 e. The van der Waals surface area contributed by atoms with Crippen LogP contribution in [0.4, 0.5) is 5.69 Å². The molecule has 0 unspecified atom stereocenters. The van der Waals surface area contributed by atoms with E-state index in [9.17, 15) is 20.0 Å². The number of hydrogen-bond donors (Lipinski definition) is 2. The second kappa shape index (κ2) is 7.03. The molecule has 7 nitrogen and oxygen atoms in total. The van der Waals surface area contributed by atoms with Crippen molar-refractivity contribution in [3.05, 3.63) is 34.4 Å². The lowest BCUT2D eigenvalue weighted by atomic mass is 9.92. The maximum absolute atomic E-state index is 11.7. The number of carbonyl (C=O) groups excluding carboxylic acids is 1. The van der Waals surface area contributed by atoms with E-state index in [2.05, 4.69) is 5.32 Å². The molecule has 1 aliphatic rings. The molecule has 0 radical (unpaired) electrons. The van der Waals surface area contributed by atoms with Crippen LogP contribution in [0.25, 0.3) is 0 Å². The van der Waals surface area contributed by atoms with Gasteiger partial charge in [-0.15, -0.1) is 0 Å². The number of carbonyl (C=O) groups is 1. The zero-order valence-electron chi connectivity index (χ0n) is 11.5. The van der Waals surface area contributed by atoms with E-state index in [0.29, 0.717) is 12.2 Å². The molecule has 1 fully saturated rings. The SMILES string of the molecule is O=C(COc1ccc([N+](=O)[O-])cc1)N[C@H]1CCCC[C@@H]1O. The third-order valence-corrected chi connectivity index (χ3v) is 3.49. The fourth-order valence-corrected chi connectivity index (χ4v) is 2.34. The highest BCUT2D eigenvalue weighted by atomic mass is 16.6. The van der Waals surface area contributed by atoms with E-state index in [0.717, 1.165) is 19.3 Å². The molecule has 1 saturated carbocycles. The van der Waals surface area contributed by atoms with Crippen molar-refractivity contribution < 1.29 is 19.6 Å². The Morgan fingerprint density at radius 1 is 1.33 bits per heavy atom. The second-order valence-corrected chi connectivity index (χ2v) is 5.07. The molecule has 0 aliphatic heterocycles. The van der Waals surface area contributed by atoms with Crippen LogP contribution in [0, 0.1) is 10.1 Å². The van der Waals surface area contributed by atoms with E-state index in [4.69, 9.17) is 4.74 Å². The van der Waals surface area contributed by atoms with E-state index in [1.54, 1.807) is 0 Å². The molecule has 0 saturated heterocycles. The number of nitrogens with zero attached hydrogens (tertiary/aromatic N) is 1. The Hall–Kier alpha value is -2.15. The Balaban J connectivity index is 1.79. The van der Waals surface area contributed by atoms with Crippen molar-refractivity contribution in [2.75, 3.05) is 6.61 Å². The predicted octanol–water partition coefficient (Wildman–Crippen LogP) is 1.39. The van der Waals surface area contributed by atoms with Gasteiger partial charge >= 0.3 is 0 Å². The summed E-state index contributed by atoms with van der Waals surface area (Å²) in [4.78, 5) is 21.8. The molecular formula is C14H18N2O5. The molecule has 7 heteroatoms. The molecule has 2 atom stereocenters. The summed E-state index contributed by atoms with van der Waals surface area (Å²) in [6.07, 6.45) is 2.94. The first kappa shape index (κ1) is 15.2. The minimum atomic E-state index is -0.499. The molecule has 0 spiro atoms. The molecule has 1 aromatic rings. The van der Waals surface area contributed by atoms with Gasteiger partial charge in [-0.25, -0.2) is 0 Å². The lowest BCUT2D eigenvalue weighted by molar-refractivity contribution is -0.384. The number of non-ortho nitro benzene ring substituents is 1. The normalized spacial score (nSPS) is 21.6. The highest BCUT2D eigenvalue weighted by Gasteiger charge is 2.24. The van der Waals surface area contributed by atoms with E-state index < -0.39 is 11.0 Å². The van der Waals surface area contributed by atoms with Crippen LogP contribution >= 0.6 is 0 Å². The van der Waals surface area contributed by atoms with Crippen LogP contribution in [0.1, 0.15) is 25.7 Å². The lowest BCUT2D eigenvalue weighted by Gasteiger charge is -2.28. The summed E-state index contributed by atoms with van der Waals surface area (Å²) in [7, 11) is 0. The first-order chi connectivity index (χ1) is 10.1. The summed E-state index contributed by atoms with van der Waals surface area (Å²) in [6.45, 7) is -0.180. The summed E-state index contributed by atoms with van der Waals surface area (Å²) in [5.74, 6) is 0.0826. The topological polar surface area (TPSA) is 102 Å². The third kappa shape index (κ3) is 4.42. The quantitative estimate of drug-likeness (QED) is 0.631. The maximum Gasteiger partial charge on any atom is 0.269 e. The zero-order chi connectivity index (χ0) is 15.2. The summed E-state index contributed by atoms with van der Waals surface area (Å²) in [5.41, 5.74) is -0.0304. The van der Waals surface area contributed by atoms with Crippen LogP contribution in [0.15, 0.2) is 24.3 Å². The number of nitro benzene ring substituents is 1. The predicted molar refractivity (Wildman–Crippen MR) is 75.0 cm³/mol. The Morgan fingerprint density at radius 2 is 2.00 bits per heavy atom. The first-order valence-electron chi connectivity index (χ1n) is 6.91. The van der Waals surface area contributed by atoms with Crippen molar-refractivity contribution >= 4 is 11.6 Å². The standard InChI is InChI=1S/C14H18N2O5/c17-13-4-2-1-3-12(13)15-14(18)9-21-11-7-5-10(6-8-11)16(19)20/h5-8,12-13,17H,1-4,9H2,(H,15,18)/t12-,13-/m0/s1. The summed E-state index contributed by atoms with van der Waals surface area (Å²) >= 11 is 0. The Labute approximate surface area is 122 Å². The van der Waals surface area contributed by atoms with Crippen molar-refractivity contribution in [1.29, 1.82) is 0 Å². The van der Waals surface area contributed by atoms with Gasteiger partial charge in [0.15, 0.2) is 6.61 Å². The molecule has 0 aromatic heterocycles. The average molecular weight is 294 g/mol. The van der Waals surface area contributed by atoms with Crippen molar-refractivity contribution in [2.45, 2.75) is 37.8 Å². The Kier molecular flexibility index (Phi) is 5.10. The number of amides is 1. The molecule has 114 valence electrons. The molecule has 0 bridgehead atoms. The maximum atomic E-state index is 11.7. The van der Waals surface area contributed by atoms with Gasteiger partial charge in [0.25, 0.3) is 11.6 Å². The molecule has 0 heterocycles. The number of hydrogen-bond acceptors (Lipinski definition) is 5. The number of benzene rings is 1. The zero-order valence-corrected chi connectivity index (χ0v) is 11.5. The first-order valence-corrected chi connectivity index (χ1v) is 6.91. The van der Waals surface area contributed by atoms with Gasteiger partial charge in [0.2, 0.25) is 0 Å². The average Bonchev–Trinajstić information content (AvgIpc) is 2.48. The highest BCUT2D eigenvalue weighted by Crippen LogP contribution is 2.19. The minimum absolute atomic E-state index is 0.0304. The number of ether oxygens (including phenoxy) is 1. The van der Waals surface area contributed by atoms with Gasteiger partial charge in [0.1, 0.15) is 5.75 Å². The Morgan fingerprint density at radius 3 is 2.62 bits per heavy atom. The molecule has 2 N–H and O–H groups in total. The van der Waals surface area contributed by atoms with E-state index in [1.807, 2.05) is 0 Å². The number of aliphatic hydroxyl groups excluding tert-OH is 1. The van der Waals surface area contributed by atoms with Crippen molar-refractivity contribution in [2.24, 2.45) is 0 Å². The molecule has 1 aromatic carbocycles. The number of nitrogens with one attached hydrogen (secondary N) is 1. The number of nitro groups is 1. The van der Waals surface area contributed by atoms with Gasteiger partial charge < -0.3 is 15.2 Å². The van der Waals surface area contributed by atoms with Crippen LogP contribution < -0.4 is 10.1 Å². The van der Waals surface area contributed by atoms with Gasteiger partial charge in [-0.05, 0) is 25.0 Å². The molecule has 21 heavy (non-hydrogen) atoms. The van der Waals surface area contributed by atoms with Crippen LogP contribution in [0.3, 0.4) is 0 Å². The van der Waals surface area contributed by atoms with Crippen LogP contribution in [-0.4, -0.2) is 34.7 Å². The molecule has 2 rings (SSSR count). The lowest BCUT2D eigenvalue weighted by Crippen LogP contribution is -2.46. The van der Waals surface area contributed by atoms with Crippen molar-refractivity contribution in [3.63, 3.8) is 0 Å². The summed E-state index contributed by atoms with van der Waals surface area (Å²) in [6, 6.07) is 5.31. The molecule has 1 aliphatic carbocycles. The van der Waals surface area contributed by atoms with Crippen molar-refractivity contribution in [1.82, 2.24) is 5.32 Å². The van der Waals surface area contributed by atoms with Gasteiger partial charge in [-0.3, -0.25) is 14.9 Å². The van der Waals surface area contributed by atoms with Crippen LogP contribution in [0.5, 0.6) is 5.75 Å². The second-order valence-electron chi connectivity index (χ2n) is 5.07. The third-order valence-electron chi connectivity index (χ3n) is 3.49. The fourth-order valence-electron chi connectivity index (χ4n) is 2.34. The number of rotatable bonds is 5. The van der Waals surface area contributed by atoms with Gasteiger partial charge in [-0.2, -0.15) is 0 Å². The van der Waals surface area contributed by atoms with E-state index in [1.165, 1.54) is 24.3 Å². The van der Waals surface area contributed by atoms with Crippen LogP contribution in [-0.2, 0) is 4.79 Å². The van der Waals surface area contributed by atoms with Gasteiger partial charge in [0, 0.05) is 12.1 Å². The van der Waals surface area contributed by atoms with Gasteiger partial charge in [-0.1, -0.05) is 12.8 Å². The summed E-state index contributed by atoms with van der Waals surface area (Å²) in [5, 5.41) is 23.0. The Bertz CT molecular complexity index is 503. The van der Waals surface area contributed by atoms with E-state index >= 15 is 0 Å². The fraction of sp³-hybridized carbons (Fsp3) is 0.500. The van der Waals surface area contributed by atoms with Crippen LogP contribution in [0.2, 0.25) is 0 Å². The summed E-state index contributed by atoms with van der Waals surface area (Å²) < 4.78 is 5.26.